The van der Waals surface area contributed by atoms with Gasteiger partial charge in [0.1, 0.15) is 5.01 Å². The van der Waals surface area contributed by atoms with E-state index in [1.807, 2.05) is 30.0 Å². The summed E-state index contributed by atoms with van der Waals surface area (Å²) in [7, 11) is 0. The quantitative estimate of drug-likeness (QED) is 0.811. The molecule has 7 heteroatoms. The van der Waals surface area contributed by atoms with Crippen molar-refractivity contribution in [3.05, 3.63) is 35.1 Å². The molecular formula is C14H16N4OS2. The molecule has 1 saturated heterocycles. The standard InChI is InChI=1S/C14H16N4OS2/c1-10-16-17-14(21-10)20-9-13(19)18-8-4-6-12(18)11-5-2-3-7-15-11/h2-3,5,7,12H,4,6,8-9H2,1H3/t12-/m0/s1. The minimum Gasteiger partial charge on any atom is -0.333 e. The van der Waals surface area contributed by atoms with Gasteiger partial charge < -0.3 is 4.90 Å². The summed E-state index contributed by atoms with van der Waals surface area (Å²) >= 11 is 2.99. The monoisotopic (exact) mass is 320 g/mol. The molecule has 0 spiro atoms. The fourth-order valence-corrected chi connectivity index (χ4v) is 4.19. The number of likely N-dealkylation sites (tertiary alicyclic amines) is 1. The molecular weight excluding hydrogens is 304 g/mol. The number of carbonyl (C=O) groups is 1. The molecule has 2 aromatic rings. The lowest BCUT2D eigenvalue weighted by Crippen LogP contribution is -2.32. The Hall–Kier alpha value is -1.47. The van der Waals surface area contributed by atoms with Gasteiger partial charge in [-0.3, -0.25) is 9.78 Å². The number of rotatable bonds is 4. The van der Waals surface area contributed by atoms with Crippen LogP contribution in [0.2, 0.25) is 0 Å². The first-order chi connectivity index (χ1) is 10.2. The van der Waals surface area contributed by atoms with Crippen molar-refractivity contribution >= 4 is 29.0 Å². The maximum Gasteiger partial charge on any atom is 0.233 e. The van der Waals surface area contributed by atoms with Crippen LogP contribution < -0.4 is 0 Å². The number of amides is 1. The first-order valence-electron chi connectivity index (χ1n) is 6.87. The minimum atomic E-state index is 0.121. The Morgan fingerprint density at radius 3 is 3.10 bits per heavy atom. The third-order valence-electron chi connectivity index (χ3n) is 3.43. The van der Waals surface area contributed by atoms with Gasteiger partial charge in [-0.2, -0.15) is 0 Å². The van der Waals surface area contributed by atoms with E-state index in [9.17, 15) is 4.79 Å². The molecule has 3 rings (SSSR count). The highest BCUT2D eigenvalue weighted by Crippen LogP contribution is 2.32. The van der Waals surface area contributed by atoms with E-state index in [-0.39, 0.29) is 11.9 Å². The first-order valence-corrected chi connectivity index (χ1v) is 8.67. The maximum absolute atomic E-state index is 12.4. The second-order valence-electron chi connectivity index (χ2n) is 4.88. The van der Waals surface area contributed by atoms with Crippen LogP contribution in [0, 0.1) is 6.92 Å². The van der Waals surface area contributed by atoms with E-state index in [0.29, 0.717) is 5.75 Å². The maximum atomic E-state index is 12.4. The van der Waals surface area contributed by atoms with Gasteiger partial charge in [-0.05, 0) is 31.9 Å². The zero-order chi connectivity index (χ0) is 14.7. The Kier molecular flexibility index (Phi) is 4.50. The van der Waals surface area contributed by atoms with Crippen LogP contribution >= 0.6 is 23.1 Å². The van der Waals surface area contributed by atoms with E-state index in [1.54, 1.807) is 6.20 Å². The molecule has 1 aliphatic rings. The molecule has 1 aliphatic heterocycles. The number of hydrogen-bond acceptors (Lipinski definition) is 6. The van der Waals surface area contributed by atoms with Crippen LogP contribution in [-0.4, -0.2) is 38.3 Å². The Bertz CT molecular complexity index is 616. The zero-order valence-corrected chi connectivity index (χ0v) is 13.4. The van der Waals surface area contributed by atoms with Crippen LogP contribution in [0.1, 0.15) is 29.6 Å². The molecule has 5 nitrogen and oxygen atoms in total. The fraction of sp³-hybridized carbons (Fsp3) is 0.429. The van der Waals surface area contributed by atoms with Gasteiger partial charge in [0.25, 0.3) is 0 Å². The molecule has 3 heterocycles. The van der Waals surface area contributed by atoms with Crippen molar-refractivity contribution in [3.63, 3.8) is 0 Å². The van der Waals surface area contributed by atoms with Crippen molar-refractivity contribution in [1.29, 1.82) is 0 Å². The van der Waals surface area contributed by atoms with Crippen molar-refractivity contribution in [2.24, 2.45) is 0 Å². The fourth-order valence-electron chi connectivity index (χ4n) is 2.49. The highest BCUT2D eigenvalue weighted by atomic mass is 32.2. The number of carbonyl (C=O) groups excluding carboxylic acids is 1. The van der Waals surface area contributed by atoms with E-state index >= 15 is 0 Å². The summed E-state index contributed by atoms with van der Waals surface area (Å²) in [6.45, 7) is 2.73. The SMILES string of the molecule is Cc1nnc(SCC(=O)N2CCC[C@H]2c2ccccn2)s1. The topological polar surface area (TPSA) is 59.0 Å². The number of nitrogens with zero attached hydrogens (tertiary/aromatic N) is 4. The number of pyridine rings is 1. The van der Waals surface area contributed by atoms with Crippen molar-refractivity contribution in [2.75, 3.05) is 12.3 Å². The lowest BCUT2D eigenvalue weighted by atomic mass is 10.1. The smallest absolute Gasteiger partial charge is 0.233 e. The van der Waals surface area contributed by atoms with Gasteiger partial charge in [-0.15, -0.1) is 10.2 Å². The summed E-state index contributed by atoms with van der Waals surface area (Å²) in [5, 5.41) is 8.94. The predicted molar refractivity (Wildman–Crippen MR) is 83.3 cm³/mol. The van der Waals surface area contributed by atoms with Gasteiger partial charge >= 0.3 is 0 Å². The summed E-state index contributed by atoms with van der Waals surface area (Å²) < 4.78 is 0.856. The summed E-state index contributed by atoms with van der Waals surface area (Å²) in [4.78, 5) is 18.8. The lowest BCUT2D eigenvalue weighted by molar-refractivity contribution is -0.129. The van der Waals surface area contributed by atoms with Gasteiger partial charge in [-0.1, -0.05) is 29.2 Å². The van der Waals surface area contributed by atoms with Crippen molar-refractivity contribution in [3.8, 4) is 0 Å². The van der Waals surface area contributed by atoms with Crippen LogP contribution in [0.5, 0.6) is 0 Å². The Morgan fingerprint density at radius 1 is 1.48 bits per heavy atom. The van der Waals surface area contributed by atoms with Gasteiger partial charge in [0, 0.05) is 12.7 Å². The number of aromatic nitrogens is 3. The van der Waals surface area contributed by atoms with Crippen LogP contribution in [0.4, 0.5) is 0 Å². The second-order valence-corrected chi connectivity index (χ2v) is 7.28. The Labute approximate surface area is 131 Å². The molecule has 0 bridgehead atoms. The minimum absolute atomic E-state index is 0.121. The summed E-state index contributed by atoms with van der Waals surface area (Å²) in [5.74, 6) is 0.568. The molecule has 1 fully saturated rings. The zero-order valence-electron chi connectivity index (χ0n) is 11.7. The number of aryl methyl sites for hydroxylation is 1. The number of thioether (sulfide) groups is 1. The molecule has 0 aromatic carbocycles. The van der Waals surface area contributed by atoms with Crippen LogP contribution in [0.15, 0.2) is 28.7 Å². The first kappa shape index (κ1) is 14.5. The molecule has 1 atom stereocenters. The third kappa shape index (κ3) is 3.41. The molecule has 21 heavy (non-hydrogen) atoms. The Morgan fingerprint density at radius 2 is 2.38 bits per heavy atom. The van der Waals surface area contributed by atoms with Gasteiger partial charge in [0.15, 0.2) is 4.34 Å². The highest BCUT2D eigenvalue weighted by Gasteiger charge is 2.30. The molecule has 1 amide bonds. The average molecular weight is 320 g/mol. The van der Waals surface area contributed by atoms with E-state index in [2.05, 4.69) is 15.2 Å². The van der Waals surface area contributed by atoms with Crippen molar-refractivity contribution in [2.45, 2.75) is 30.1 Å². The van der Waals surface area contributed by atoms with Crippen molar-refractivity contribution < 1.29 is 4.79 Å². The highest BCUT2D eigenvalue weighted by molar-refractivity contribution is 8.01. The van der Waals surface area contributed by atoms with Crippen LogP contribution in [-0.2, 0) is 4.79 Å². The molecule has 0 radical (unpaired) electrons. The molecule has 0 N–H and O–H groups in total. The van der Waals surface area contributed by atoms with E-state index in [1.165, 1.54) is 23.1 Å². The van der Waals surface area contributed by atoms with E-state index in [4.69, 9.17) is 0 Å². The lowest BCUT2D eigenvalue weighted by Gasteiger charge is -2.24. The molecule has 0 unspecified atom stereocenters. The predicted octanol–water partition coefficient (Wildman–Crippen LogP) is 2.70. The van der Waals surface area contributed by atoms with Crippen LogP contribution in [0.25, 0.3) is 0 Å². The van der Waals surface area contributed by atoms with Gasteiger partial charge in [0.05, 0.1) is 17.5 Å². The third-order valence-corrected chi connectivity index (χ3v) is 5.39. The molecule has 110 valence electrons. The normalized spacial score (nSPS) is 18.1. The van der Waals surface area contributed by atoms with E-state index < -0.39 is 0 Å². The molecule has 0 aliphatic carbocycles. The van der Waals surface area contributed by atoms with Crippen LogP contribution in [0.3, 0.4) is 0 Å². The summed E-state index contributed by atoms with van der Waals surface area (Å²) in [6, 6.07) is 5.99. The number of hydrogen-bond donors (Lipinski definition) is 0. The second kappa shape index (κ2) is 6.53. The van der Waals surface area contributed by atoms with Gasteiger partial charge in [0.2, 0.25) is 5.91 Å². The van der Waals surface area contributed by atoms with Gasteiger partial charge in [-0.25, -0.2) is 0 Å². The van der Waals surface area contributed by atoms with E-state index in [0.717, 1.165) is 34.4 Å². The summed E-state index contributed by atoms with van der Waals surface area (Å²) in [6.07, 6.45) is 3.82. The molecule has 2 aromatic heterocycles. The molecule has 0 saturated carbocycles. The average Bonchev–Trinajstić information content (AvgIpc) is 3.14. The largest absolute Gasteiger partial charge is 0.333 e. The summed E-state index contributed by atoms with van der Waals surface area (Å²) in [5.41, 5.74) is 0.986. The Balaban J connectivity index is 1.63. The van der Waals surface area contributed by atoms with Crippen molar-refractivity contribution in [1.82, 2.24) is 20.1 Å².